The number of unbranched alkanes of at least 4 members (excludes halogenated alkanes) is 1. The van der Waals surface area contributed by atoms with Gasteiger partial charge in [-0.15, -0.1) is 0 Å². The molecule has 0 aliphatic heterocycles. The highest BCUT2D eigenvalue weighted by atomic mass is 16.3. The third kappa shape index (κ3) is 3.76. The number of aliphatic hydroxyl groups is 1. The van der Waals surface area contributed by atoms with Crippen LogP contribution >= 0.6 is 0 Å². The molecule has 0 heterocycles. The van der Waals surface area contributed by atoms with Gasteiger partial charge in [0.1, 0.15) is 0 Å². The summed E-state index contributed by atoms with van der Waals surface area (Å²) in [6.07, 6.45) is 3.88. The minimum Gasteiger partial charge on any atom is -0.393 e. The zero-order chi connectivity index (χ0) is 8.91. The van der Waals surface area contributed by atoms with Crippen LogP contribution in [0.4, 0.5) is 0 Å². The first-order chi connectivity index (χ1) is 5.04. The van der Waals surface area contributed by atoms with Crippen LogP contribution in [0.1, 0.15) is 46.5 Å². The first kappa shape index (κ1) is 11.0. The highest BCUT2D eigenvalue weighted by Crippen LogP contribution is 2.28. The molecule has 1 nitrogen and oxygen atoms in total. The van der Waals surface area contributed by atoms with Gasteiger partial charge in [-0.05, 0) is 18.3 Å². The molecule has 1 unspecified atom stereocenters. The maximum absolute atomic E-state index is 9.55. The van der Waals surface area contributed by atoms with E-state index in [2.05, 4.69) is 27.7 Å². The Hall–Kier alpha value is -0.0400. The monoisotopic (exact) mass is 157 g/mol. The molecule has 0 aliphatic rings. The molecule has 0 fully saturated rings. The van der Waals surface area contributed by atoms with Crippen molar-refractivity contribution in [2.75, 3.05) is 0 Å². The molecule has 1 atom stereocenters. The highest BCUT2D eigenvalue weighted by Gasteiger charge is 2.25. The molecule has 67 valence electrons. The zero-order valence-corrected chi connectivity index (χ0v) is 8.06. The lowest BCUT2D eigenvalue weighted by atomic mass is 9.80. The van der Waals surface area contributed by atoms with Crippen molar-refractivity contribution in [3.05, 3.63) is 6.92 Å². The van der Waals surface area contributed by atoms with Crippen molar-refractivity contribution in [3.63, 3.8) is 0 Å². The summed E-state index contributed by atoms with van der Waals surface area (Å²) in [7, 11) is 0. The average molecular weight is 157 g/mol. The van der Waals surface area contributed by atoms with Gasteiger partial charge in [0.05, 0.1) is 6.10 Å². The Morgan fingerprint density at radius 3 is 2.36 bits per heavy atom. The molecular formula is C10H21O. The van der Waals surface area contributed by atoms with E-state index in [1.165, 1.54) is 12.8 Å². The zero-order valence-electron chi connectivity index (χ0n) is 8.06. The van der Waals surface area contributed by atoms with Crippen molar-refractivity contribution in [1.82, 2.24) is 0 Å². The van der Waals surface area contributed by atoms with E-state index in [0.717, 1.165) is 6.42 Å². The second kappa shape index (κ2) is 4.76. The van der Waals surface area contributed by atoms with E-state index in [0.29, 0.717) is 6.42 Å². The average Bonchev–Trinajstić information content (AvgIpc) is 1.99. The quantitative estimate of drug-likeness (QED) is 0.650. The van der Waals surface area contributed by atoms with Crippen molar-refractivity contribution in [3.8, 4) is 0 Å². The lowest BCUT2D eigenvalue weighted by Crippen LogP contribution is -2.28. The Bertz CT molecular complexity index is 97.0. The number of rotatable bonds is 5. The SMILES string of the molecule is [CH2]CC(O)C(C)(C)CCCC. The van der Waals surface area contributed by atoms with Crippen LogP contribution in [0.15, 0.2) is 0 Å². The second-order valence-electron chi connectivity index (χ2n) is 3.90. The van der Waals surface area contributed by atoms with Crippen LogP contribution in [0.3, 0.4) is 0 Å². The standard InChI is InChI=1S/C10H21O/c1-5-7-8-10(3,4)9(11)6-2/h9,11H,2,5-8H2,1,3-4H3. The van der Waals surface area contributed by atoms with Crippen molar-refractivity contribution >= 4 is 0 Å². The van der Waals surface area contributed by atoms with Crippen LogP contribution in [0.5, 0.6) is 0 Å². The Kier molecular flexibility index (Phi) is 4.74. The topological polar surface area (TPSA) is 20.2 Å². The van der Waals surface area contributed by atoms with Crippen LogP contribution < -0.4 is 0 Å². The minimum absolute atomic E-state index is 0.0533. The van der Waals surface area contributed by atoms with Gasteiger partial charge in [0, 0.05) is 0 Å². The Labute approximate surface area is 70.8 Å². The fraction of sp³-hybridized carbons (Fsp3) is 0.900. The van der Waals surface area contributed by atoms with Gasteiger partial charge in [-0.1, -0.05) is 40.5 Å². The second-order valence-corrected chi connectivity index (χ2v) is 3.90. The van der Waals surface area contributed by atoms with Gasteiger partial charge in [0.15, 0.2) is 0 Å². The maximum atomic E-state index is 9.55. The summed E-state index contributed by atoms with van der Waals surface area (Å²) >= 11 is 0. The molecule has 0 rings (SSSR count). The molecular weight excluding hydrogens is 136 g/mol. The lowest BCUT2D eigenvalue weighted by Gasteiger charge is -2.29. The predicted molar refractivity (Wildman–Crippen MR) is 49.3 cm³/mol. The molecule has 11 heavy (non-hydrogen) atoms. The predicted octanol–water partition coefficient (Wildman–Crippen LogP) is 2.79. The summed E-state index contributed by atoms with van der Waals surface area (Å²) in [4.78, 5) is 0. The van der Waals surface area contributed by atoms with Gasteiger partial charge in [0.25, 0.3) is 0 Å². The van der Waals surface area contributed by atoms with Crippen LogP contribution in [0.25, 0.3) is 0 Å². The molecule has 0 aromatic heterocycles. The molecule has 0 spiro atoms. The lowest BCUT2D eigenvalue weighted by molar-refractivity contribution is 0.0445. The van der Waals surface area contributed by atoms with Crippen LogP contribution in [0.2, 0.25) is 0 Å². The van der Waals surface area contributed by atoms with Gasteiger partial charge in [0.2, 0.25) is 0 Å². The van der Waals surface area contributed by atoms with Gasteiger partial charge in [-0.3, -0.25) is 0 Å². The van der Waals surface area contributed by atoms with Crippen molar-refractivity contribution in [2.24, 2.45) is 5.41 Å². The summed E-state index contributed by atoms with van der Waals surface area (Å²) < 4.78 is 0. The first-order valence-corrected chi connectivity index (χ1v) is 4.52. The van der Waals surface area contributed by atoms with Crippen molar-refractivity contribution in [2.45, 2.75) is 52.6 Å². The number of hydrogen-bond acceptors (Lipinski definition) is 1. The molecule has 0 aliphatic carbocycles. The van der Waals surface area contributed by atoms with E-state index in [4.69, 9.17) is 0 Å². The summed E-state index contributed by atoms with van der Waals surface area (Å²) in [6.45, 7) is 10.1. The fourth-order valence-electron chi connectivity index (χ4n) is 1.19. The van der Waals surface area contributed by atoms with E-state index in [1.54, 1.807) is 0 Å². The molecule has 0 aromatic rings. The third-order valence-corrected chi connectivity index (χ3v) is 2.35. The summed E-state index contributed by atoms with van der Waals surface area (Å²) in [5.41, 5.74) is 0.0533. The van der Waals surface area contributed by atoms with E-state index in [1.807, 2.05) is 0 Å². The Morgan fingerprint density at radius 2 is 2.00 bits per heavy atom. The van der Waals surface area contributed by atoms with Crippen LogP contribution in [0, 0.1) is 12.3 Å². The van der Waals surface area contributed by atoms with Gasteiger partial charge in [-0.25, -0.2) is 0 Å². The minimum atomic E-state index is -0.242. The van der Waals surface area contributed by atoms with E-state index < -0.39 is 0 Å². The van der Waals surface area contributed by atoms with Crippen molar-refractivity contribution in [1.29, 1.82) is 0 Å². The normalized spacial score (nSPS) is 15.0. The molecule has 0 aromatic carbocycles. The summed E-state index contributed by atoms with van der Waals surface area (Å²) in [6, 6.07) is 0. The van der Waals surface area contributed by atoms with Gasteiger partial charge >= 0.3 is 0 Å². The molecule has 0 saturated heterocycles. The van der Waals surface area contributed by atoms with Crippen LogP contribution in [-0.4, -0.2) is 11.2 Å². The first-order valence-electron chi connectivity index (χ1n) is 4.52. The number of aliphatic hydroxyl groups excluding tert-OH is 1. The molecule has 0 amide bonds. The molecule has 0 bridgehead atoms. The van der Waals surface area contributed by atoms with Gasteiger partial charge < -0.3 is 5.11 Å². The molecule has 1 heteroatoms. The van der Waals surface area contributed by atoms with Crippen LogP contribution in [-0.2, 0) is 0 Å². The smallest absolute Gasteiger partial charge is 0.0591 e. The Balaban J connectivity index is 3.77. The molecule has 0 saturated carbocycles. The van der Waals surface area contributed by atoms with E-state index in [-0.39, 0.29) is 11.5 Å². The fourth-order valence-corrected chi connectivity index (χ4v) is 1.19. The third-order valence-electron chi connectivity index (χ3n) is 2.35. The summed E-state index contributed by atoms with van der Waals surface area (Å²) in [5.74, 6) is 0. The molecule has 1 radical (unpaired) electrons. The van der Waals surface area contributed by atoms with Crippen molar-refractivity contribution < 1.29 is 5.11 Å². The maximum Gasteiger partial charge on any atom is 0.0591 e. The van der Waals surface area contributed by atoms with E-state index in [9.17, 15) is 5.11 Å². The largest absolute Gasteiger partial charge is 0.393 e. The highest BCUT2D eigenvalue weighted by molar-refractivity contribution is 4.77. The van der Waals surface area contributed by atoms with E-state index >= 15 is 0 Å². The number of hydrogen-bond donors (Lipinski definition) is 1. The summed E-state index contributed by atoms with van der Waals surface area (Å²) in [5, 5.41) is 9.55. The van der Waals surface area contributed by atoms with Gasteiger partial charge in [-0.2, -0.15) is 0 Å². The Morgan fingerprint density at radius 1 is 1.45 bits per heavy atom. The molecule has 1 N–H and O–H groups in total.